The number of halogens is 1. The molecule has 1 aromatic rings. The zero-order valence-electron chi connectivity index (χ0n) is 16.6. The van der Waals surface area contributed by atoms with Crippen molar-refractivity contribution in [3.05, 3.63) is 34.9 Å². The van der Waals surface area contributed by atoms with Gasteiger partial charge in [0.1, 0.15) is 0 Å². The van der Waals surface area contributed by atoms with Crippen molar-refractivity contribution in [2.45, 2.75) is 44.8 Å². The van der Waals surface area contributed by atoms with E-state index in [-0.39, 0.29) is 54.7 Å². The van der Waals surface area contributed by atoms with Crippen LogP contribution in [0.25, 0.3) is 0 Å². The first-order valence-corrected chi connectivity index (χ1v) is 10.1. The van der Waals surface area contributed by atoms with Crippen LogP contribution in [0, 0.1) is 5.92 Å². The van der Waals surface area contributed by atoms with Crippen LogP contribution in [0.3, 0.4) is 0 Å². The topological polar surface area (TPSA) is 92.9 Å². The fourth-order valence-electron chi connectivity index (χ4n) is 4.39. The molecule has 158 valence electrons. The predicted molar refractivity (Wildman–Crippen MR) is 110 cm³/mol. The maximum atomic E-state index is 13.0. The monoisotopic (exact) mass is 421 g/mol. The van der Waals surface area contributed by atoms with Gasteiger partial charge in [0.2, 0.25) is 0 Å². The summed E-state index contributed by atoms with van der Waals surface area (Å²) in [5.41, 5.74) is 7.15. The summed E-state index contributed by atoms with van der Waals surface area (Å²) in [4.78, 5) is 41.5. The number of piperidine rings is 1. The van der Waals surface area contributed by atoms with Crippen molar-refractivity contribution in [3.63, 3.8) is 0 Å². The number of amides is 3. The van der Waals surface area contributed by atoms with E-state index in [0.717, 1.165) is 25.7 Å². The lowest BCUT2D eigenvalue weighted by Crippen LogP contribution is -2.45. The number of imide groups is 1. The molecule has 0 saturated carbocycles. The summed E-state index contributed by atoms with van der Waals surface area (Å²) in [6.45, 7) is 4.24. The second kappa shape index (κ2) is 8.81. The summed E-state index contributed by atoms with van der Waals surface area (Å²) in [7, 11) is 0. The molecular formula is C21H28ClN3O4. The number of benzene rings is 1. The Kier molecular flexibility index (Phi) is 6.61. The largest absolute Gasteiger partial charge is 0.376 e. The molecule has 3 amide bonds. The average molecular weight is 422 g/mol. The predicted octanol–water partition coefficient (Wildman–Crippen LogP) is 2.08. The number of ether oxygens (including phenoxy) is 1. The van der Waals surface area contributed by atoms with Gasteiger partial charge in [0.25, 0.3) is 17.7 Å². The van der Waals surface area contributed by atoms with Crippen molar-refractivity contribution in [2.75, 3.05) is 26.2 Å². The van der Waals surface area contributed by atoms with E-state index in [1.54, 1.807) is 18.2 Å². The molecule has 7 nitrogen and oxygen atoms in total. The number of rotatable bonds is 4. The zero-order chi connectivity index (χ0) is 19.8. The van der Waals surface area contributed by atoms with Crippen LogP contribution in [-0.2, 0) is 4.74 Å². The summed E-state index contributed by atoms with van der Waals surface area (Å²) in [5, 5.41) is 0. The quantitative estimate of drug-likeness (QED) is 0.751. The molecule has 0 spiro atoms. The molecule has 3 unspecified atom stereocenters. The number of carbonyl (C=O) groups excluding carboxylic acids is 3. The Labute approximate surface area is 176 Å². The number of likely N-dealkylation sites (tertiary alicyclic amines) is 1. The van der Waals surface area contributed by atoms with E-state index in [9.17, 15) is 14.4 Å². The molecule has 2 fully saturated rings. The van der Waals surface area contributed by atoms with Crippen molar-refractivity contribution in [1.29, 1.82) is 0 Å². The Morgan fingerprint density at radius 1 is 1.21 bits per heavy atom. The van der Waals surface area contributed by atoms with Crippen molar-refractivity contribution in [2.24, 2.45) is 11.7 Å². The molecule has 4 rings (SSSR count). The third-order valence-electron chi connectivity index (χ3n) is 6.12. The average Bonchev–Trinajstić information content (AvgIpc) is 3.30. The maximum absolute atomic E-state index is 13.0. The fraction of sp³-hybridized carbons (Fsp3) is 0.571. The summed E-state index contributed by atoms with van der Waals surface area (Å²) in [5.74, 6) is -0.454. The minimum atomic E-state index is -0.336. The highest BCUT2D eigenvalue weighted by Crippen LogP contribution is 2.27. The molecule has 2 saturated heterocycles. The molecule has 3 aliphatic rings. The number of carbonyl (C=O) groups is 3. The van der Waals surface area contributed by atoms with Crippen LogP contribution < -0.4 is 5.73 Å². The first kappa shape index (κ1) is 21.7. The van der Waals surface area contributed by atoms with Crippen LogP contribution in [0.5, 0.6) is 0 Å². The molecule has 0 radical (unpaired) electrons. The van der Waals surface area contributed by atoms with Gasteiger partial charge in [-0.1, -0.05) is 0 Å². The molecule has 3 aliphatic heterocycles. The van der Waals surface area contributed by atoms with Crippen LogP contribution in [0.15, 0.2) is 18.2 Å². The van der Waals surface area contributed by atoms with Gasteiger partial charge in [-0.3, -0.25) is 19.3 Å². The van der Waals surface area contributed by atoms with Crippen molar-refractivity contribution in [1.82, 2.24) is 9.80 Å². The van der Waals surface area contributed by atoms with Gasteiger partial charge in [-0.05, 0) is 56.7 Å². The molecular weight excluding hydrogens is 394 g/mol. The smallest absolute Gasteiger partial charge is 0.261 e. The van der Waals surface area contributed by atoms with Gasteiger partial charge < -0.3 is 15.4 Å². The Hall–Kier alpha value is -1.96. The van der Waals surface area contributed by atoms with Gasteiger partial charge >= 0.3 is 0 Å². The molecule has 0 aromatic heterocycles. The van der Waals surface area contributed by atoms with Gasteiger partial charge in [-0.25, -0.2) is 0 Å². The summed E-state index contributed by atoms with van der Waals surface area (Å²) in [6.07, 6.45) is 3.66. The van der Waals surface area contributed by atoms with E-state index < -0.39 is 0 Å². The Morgan fingerprint density at radius 3 is 2.66 bits per heavy atom. The molecule has 0 aliphatic carbocycles. The highest BCUT2D eigenvalue weighted by atomic mass is 35.5. The Bertz CT molecular complexity index is 807. The lowest BCUT2D eigenvalue weighted by molar-refractivity contribution is 0.0475. The number of hydrogen-bond donors (Lipinski definition) is 1. The zero-order valence-corrected chi connectivity index (χ0v) is 17.5. The van der Waals surface area contributed by atoms with Gasteiger partial charge in [-0.2, -0.15) is 0 Å². The van der Waals surface area contributed by atoms with Gasteiger partial charge in [-0.15, -0.1) is 12.4 Å². The molecule has 0 bridgehead atoms. The van der Waals surface area contributed by atoms with E-state index in [0.29, 0.717) is 36.4 Å². The Morgan fingerprint density at radius 2 is 1.97 bits per heavy atom. The summed E-state index contributed by atoms with van der Waals surface area (Å²) < 4.78 is 5.56. The molecule has 3 atom stereocenters. The standard InChI is InChI=1S/C21H27N3O4.ClH/c1-13(22)15-4-2-8-23(11-15)19(25)14-6-7-17-18(10-14)21(27)24(20(17)26)12-16-5-3-9-28-16;/h6-7,10,13,15-16H,2-5,8-9,11-12,22H2,1H3;1H. The SMILES string of the molecule is CC(N)C1CCCN(C(=O)c2ccc3c(c2)C(=O)N(CC2CCCO2)C3=O)C1.Cl. The highest BCUT2D eigenvalue weighted by Gasteiger charge is 2.38. The molecule has 8 heteroatoms. The second-order valence-electron chi connectivity index (χ2n) is 8.13. The second-order valence-corrected chi connectivity index (χ2v) is 8.13. The van der Waals surface area contributed by atoms with E-state index in [1.807, 2.05) is 11.8 Å². The van der Waals surface area contributed by atoms with Crippen LogP contribution in [0.4, 0.5) is 0 Å². The van der Waals surface area contributed by atoms with E-state index >= 15 is 0 Å². The lowest BCUT2D eigenvalue weighted by Gasteiger charge is -2.34. The van der Waals surface area contributed by atoms with E-state index in [2.05, 4.69) is 0 Å². The molecule has 1 aromatic carbocycles. The third kappa shape index (κ3) is 4.17. The Balaban J connectivity index is 0.00000240. The van der Waals surface area contributed by atoms with Crippen molar-refractivity contribution < 1.29 is 19.1 Å². The maximum Gasteiger partial charge on any atom is 0.261 e. The van der Waals surface area contributed by atoms with Gasteiger partial charge in [0.05, 0.1) is 23.8 Å². The summed E-state index contributed by atoms with van der Waals surface area (Å²) >= 11 is 0. The van der Waals surface area contributed by atoms with Crippen LogP contribution in [0.1, 0.15) is 63.7 Å². The minimum absolute atomic E-state index is 0. The van der Waals surface area contributed by atoms with E-state index in [1.165, 1.54) is 4.90 Å². The van der Waals surface area contributed by atoms with Crippen molar-refractivity contribution >= 4 is 30.1 Å². The van der Waals surface area contributed by atoms with Gasteiger partial charge in [0, 0.05) is 31.3 Å². The number of nitrogens with two attached hydrogens (primary N) is 1. The first-order chi connectivity index (χ1) is 13.5. The number of nitrogens with zero attached hydrogens (tertiary/aromatic N) is 2. The lowest BCUT2D eigenvalue weighted by atomic mass is 9.91. The normalized spacial score (nSPS) is 25.0. The van der Waals surface area contributed by atoms with E-state index in [4.69, 9.17) is 10.5 Å². The van der Waals surface area contributed by atoms with Crippen LogP contribution >= 0.6 is 12.4 Å². The highest BCUT2D eigenvalue weighted by molar-refractivity contribution is 6.22. The van der Waals surface area contributed by atoms with Crippen molar-refractivity contribution in [3.8, 4) is 0 Å². The van der Waals surface area contributed by atoms with Gasteiger partial charge in [0.15, 0.2) is 0 Å². The first-order valence-electron chi connectivity index (χ1n) is 10.1. The minimum Gasteiger partial charge on any atom is -0.376 e. The number of fused-ring (bicyclic) bond motifs is 1. The molecule has 29 heavy (non-hydrogen) atoms. The van der Waals surface area contributed by atoms with Crippen LogP contribution in [0.2, 0.25) is 0 Å². The van der Waals surface area contributed by atoms with Crippen LogP contribution in [-0.4, -0.2) is 65.9 Å². The molecule has 2 N–H and O–H groups in total. The third-order valence-corrected chi connectivity index (χ3v) is 6.12. The fourth-order valence-corrected chi connectivity index (χ4v) is 4.39. The molecule has 3 heterocycles. The number of hydrogen-bond acceptors (Lipinski definition) is 5. The summed E-state index contributed by atoms with van der Waals surface area (Å²) in [6, 6.07) is 4.87.